The number of likely N-dealkylation sites (N-methyl/N-ethyl adjacent to an activating group) is 1. The summed E-state index contributed by atoms with van der Waals surface area (Å²) in [6.07, 6.45) is 1.60. The maximum atomic E-state index is 11.8. The van der Waals surface area contributed by atoms with Crippen LogP contribution in [-0.4, -0.2) is 42.5 Å². The Hall–Kier alpha value is -1.46. The molecular formula is C12H20N4O. The summed E-state index contributed by atoms with van der Waals surface area (Å²) in [5, 5.41) is 2.88. The van der Waals surface area contributed by atoms with Gasteiger partial charge in [-0.2, -0.15) is 0 Å². The van der Waals surface area contributed by atoms with Crippen molar-refractivity contribution in [3.63, 3.8) is 0 Å². The van der Waals surface area contributed by atoms with Gasteiger partial charge >= 0.3 is 0 Å². The molecule has 0 saturated carbocycles. The van der Waals surface area contributed by atoms with E-state index in [2.05, 4.69) is 22.1 Å². The van der Waals surface area contributed by atoms with Crippen LogP contribution in [0.2, 0.25) is 0 Å². The first-order chi connectivity index (χ1) is 8.04. The summed E-state index contributed by atoms with van der Waals surface area (Å²) in [6, 6.07) is 3.71. The van der Waals surface area contributed by atoms with Gasteiger partial charge in [0.15, 0.2) is 0 Å². The summed E-state index contributed by atoms with van der Waals surface area (Å²) in [6.45, 7) is 3.01. The SMILES string of the molecule is CC(CNC(=O)c1ccnc(CN)c1)N(C)C. The van der Waals surface area contributed by atoms with Gasteiger partial charge in [0.25, 0.3) is 5.91 Å². The number of hydrogen-bond acceptors (Lipinski definition) is 4. The minimum atomic E-state index is -0.0872. The number of aromatic nitrogens is 1. The Kier molecular flexibility index (Phi) is 5.06. The van der Waals surface area contributed by atoms with Crippen LogP contribution < -0.4 is 11.1 Å². The number of carbonyl (C=O) groups is 1. The van der Waals surface area contributed by atoms with E-state index in [-0.39, 0.29) is 5.91 Å². The lowest BCUT2D eigenvalue weighted by Crippen LogP contribution is -2.38. The summed E-state index contributed by atoms with van der Waals surface area (Å²) >= 11 is 0. The molecule has 0 aliphatic carbocycles. The molecule has 5 heteroatoms. The molecule has 0 aliphatic heterocycles. The van der Waals surface area contributed by atoms with E-state index in [1.165, 1.54) is 0 Å². The second-order valence-corrected chi connectivity index (χ2v) is 4.26. The zero-order valence-electron chi connectivity index (χ0n) is 10.6. The van der Waals surface area contributed by atoms with Crippen molar-refractivity contribution in [1.29, 1.82) is 0 Å². The summed E-state index contributed by atoms with van der Waals surface area (Å²) < 4.78 is 0. The first-order valence-electron chi connectivity index (χ1n) is 5.64. The molecule has 1 aromatic rings. The first-order valence-corrected chi connectivity index (χ1v) is 5.64. The average Bonchev–Trinajstić information content (AvgIpc) is 2.35. The highest BCUT2D eigenvalue weighted by Crippen LogP contribution is 2.01. The second-order valence-electron chi connectivity index (χ2n) is 4.26. The lowest BCUT2D eigenvalue weighted by molar-refractivity contribution is 0.0943. The van der Waals surface area contributed by atoms with Gasteiger partial charge in [-0.1, -0.05) is 0 Å². The molecule has 0 saturated heterocycles. The van der Waals surface area contributed by atoms with E-state index in [0.717, 1.165) is 5.69 Å². The summed E-state index contributed by atoms with van der Waals surface area (Å²) in [5.41, 5.74) is 6.80. The molecule has 17 heavy (non-hydrogen) atoms. The molecule has 0 aliphatic rings. The van der Waals surface area contributed by atoms with Crippen LogP contribution in [0.4, 0.5) is 0 Å². The van der Waals surface area contributed by atoms with Crippen LogP contribution in [0, 0.1) is 0 Å². The third kappa shape index (κ3) is 4.13. The van der Waals surface area contributed by atoms with Crippen LogP contribution >= 0.6 is 0 Å². The third-order valence-corrected chi connectivity index (χ3v) is 2.73. The van der Waals surface area contributed by atoms with Crippen molar-refractivity contribution in [2.24, 2.45) is 5.73 Å². The molecule has 0 spiro atoms. The van der Waals surface area contributed by atoms with Crippen LogP contribution in [-0.2, 0) is 6.54 Å². The fourth-order valence-electron chi connectivity index (χ4n) is 1.26. The van der Waals surface area contributed by atoms with Gasteiger partial charge in [-0.25, -0.2) is 0 Å². The fraction of sp³-hybridized carbons (Fsp3) is 0.500. The Morgan fingerprint density at radius 1 is 1.59 bits per heavy atom. The van der Waals surface area contributed by atoms with Crippen molar-refractivity contribution in [3.8, 4) is 0 Å². The Balaban J connectivity index is 2.57. The fourth-order valence-corrected chi connectivity index (χ4v) is 1.26. The molecule has 1 unspecified atom stereocenters. The molecule has 1 aromatic heterocycles. The number of hydrogen-bond donors (Lipinski definition) is 2. The number of pyridine rings is 1. The molecule has 3 N–H and O–H groups in total. The number of rotatable bonds is 5. The van der Waals surface area contributed by atoms with Crippen molar-refractivity contribution >= 4 is 5.91 Å². The largest absolute Gasteiger partial charge is 0.350 e. The van der Waals surface area contributed by atoms with E-state index in [0.29, 0.717) is 24.7 Å². The van der Waals surface area contributed by atoms with Gasteiger partial charge in [-0.05, 0) is 33.2 Å². The van der Waals surface area contributed by atoms with Gasteiger partial charge in [0.2, 0.25) is 0 Å². The highest BCUT2D eigenvalue weighted by molar-refractivity contribution is 5.94. The molecule has 0 bridgehead atoms. The highest BCUT2D eigenvalue weighted by Gasteiger charge is 2.09. The Morgan fingerprint density at radius 2 is 2.29 bits per heavy atom. The van der Waals surface area contributed by atoms with Crippen LogP contribution in [0.5, 0.6) is 0 Å². The molecule has 1 atom stereocenters. The molecule has 1 rings (SSSR count). The second kappa shape index (κ2) is 6.32. The molecule has 0 aromatic carbocycles. The average molecular weight is 236 g/mol. The molecule has 5 nitrogen and oxygen atoms in total. The maximum absolute atomic E-state index is 11.8. The van der Waals surface area contributed by atoms with E-state index in [4.69, 9.17) is 5.73 Å². The number of nitrogens with one attached hydrogen (secondary N) is 1. The topological polar surface area (TPSA) is 71.2 Å². The van der Waals surface area contributed by atoms with Crippen molar-refractivity contribution in [2.75, 3.05) is 20.6 Å². The van der Waals surface area contributed by atoms with Crippen molar-refractivity contribution in [2.45, 2.75) is 19.5 Å². The lowest BCUT2D eigenvalue weighted by atomic mass is 10.2. The molecule has 94 valence electrons. The van der Waals surface area contributed by atoms with Crippen LogP contribution in [0.15, 0.2) is 18.3 Å². The van der Waals surface area contributed by atoms with Gasteiger partial charge in [-0.15, -0.1) is 0 Å². The standard InChI is InChI=1S/C12H20N4O/c1-9(16(2)3)8-15-12(17)10-4-5-14-11(6-10)7-13/h4-6,9H,7-8,13H2,1-3H3,(H,15,17). The van der Waals surface area contributed by atoms with Gasteiger partial charge in [0, 0.05) is 30.9 Å². The van der Waals surface area contributed by atoms with E-state index >= 15 is 0 Å². The lowest BCUT2D eigenvalue weighted by Gasteiger charge is -2.19. The van der Waals surface area contributed by atoms with Gasteiger partial charge in [0.1, 0.15) is 0 Å². The molecule has 0 radical (unpaired) electrons. The Labute approximate surface area is 102 Å². The zero-order valence-corrected chi connectivity index (χ0v) is 10.6. The number of nitrogens with zero attached hydrogens (tertiary/aromatic N) is 2. The predicted octanol–water partition coefficient (Wildman–Crippen LogP) is 0.220. The minimum absolute atomic E-state index is 0.0872. The number of amides is 1. The predicted molar refractivity (Wildman–Crippen MR) is 67.6 cm³/mol. The maximum Gasteiger partial charge on any atom is 0.251 e. The van der Waals surface area contributed by atoms with Gasteiger partial charge in [0.05, 0.1) is 5.69 Å². The highest BCUT2D eigenvalue weighted by atomic mass is 16.1. The molecule has 1 amide bonds. The van der Waals surface area contributed by atoms with E-state index < -0.39 is 0 Å². The third-order valence-electron chi connectivity index (χ3n) is 2.73. The Bertz CT molecular complexity index is 379. The minimum Gasteiger partial charge on any atom is -0.350 e. The Morgan fingerprint density at radius 3 is 2.88 bits per heavy atom. The van der Waals surface area contributed by atoms with Crippen LogP contribution in [0.1, 0.15) is 23.0 Å². The first kappa shape index (κ1) is 13.6. The molecular weight excluding hydrogens is 216 g/mol. The molecule has 1 heterocycles. The van der Waals surface area contributed by atoms with Crippen molar-refractivity contribution in [3.05, 3.63) is 29.6 Å². The summed E-state index contributed by atoms with van der Waals surface area (Å²) in [7, 11) is 3.96. The number of carbonyl (C=O) groups excluding carboxylic acids is 1. The van der Waals surface area contributed by atoms with E-state index in [1.807, 2.05) is 14.1 Å². The van der Waals surface area contributed by atoms with Crippen LogP contribution in [0.25, 0.3) is 0 Å². The van der Waals surface area contributed by atoms with Gasteiger partial charge in [-0.3, -0.25) is 9.78 Å². The van der Waals surface area contributed by atoms with Crippen molar-refractivity contribution in [1.82, 2.24) is 15.2 Å². The normalized spacial score (nSPS) is 12.5. The summed E-state index contributed by atoms with van der Waals surface area (Å²) in [4.78, 5) is 17.9. The number of nitrogens with two attached hydrogens (primary N) is 1. The smallest absolute Gasteiger partial charge is 0.251 e. The summed E-state index contributed by atoms with van der Waals surface area (Å²) in [5.74, 6) is -0.0872. The quantitative estimate of drug-likeness (QED) is 0.767. The van der Waals surface area contributed by atoms with E-state index in [9.17, 15) is 4.79 Å². The van der Waals surface area contributed by atoms with E-state index in [1.54, 1.807) is 18.3 Å². The van der Waals surface area contributed by atoms with Crippen LogP contribution in [0.3, 0.4) is 0 Å². The molecule has 0 fully saturated rings. The van der Waals surface area contributed by atoms with Gasteiger partial charge < -0.3 is 16.0 Å². The zero-order chi connectivity index (χ0) is 12.8. The van der Waals surface area contributed by atoms with Crippen molar-refractivity contribution < 1.29 is 4.79 Å². The monoisotopic (exact) mass is 236 g/mol.